The van der Waals surface area contributed by atoms with Gasteiger partial charge in [0, 0.05) is 12.1 Å². The first kappa shape index (κ1) is 14.2. The summed E-state index contributed by atoms with van der Waals surface area (Å²) < 4.78 is 10.6. The average Bonchev–Trinajstić information content (AvgIpc) is 2.84. The molecule has 2 unspecified atom stereocenters. The minimum atomic E-state index is 0.312. The average molecular weight is 264 g/mol. The molecule has 0 radical (unpaired) electrons. The van der Waals surface area contributed by atoms with Gasteiger partial charge in [0.2, 0.25) is 0 Å². The summed E-state index contributed by atoms with van der Waals surface area (Å²) in [7, 11) is 3.38. The van der Waals surface area contributed by atoms with Gasteiger partial charge in [0.15, 0.2) is 0 Å². The minimum Gasteiger partial charge on any atom is -0.497 e. The zero-order valence-electron chi connectivity index (χ0n) is 11.8. The van der Waals surface area contributed by atoms with E-state index in [0.29, 0.717) is 12.1 Å². The Hall–Kier alpha value is -1.26. The molecule has 1 aromatic rings. The van der Waals surface area contributed by atoms with Gasteiger partial charge in [0.1, 0.15) is 11.5 Å². The first-order chi connectivity index (χ1) is 9.24. The van der Waals surface area contributed by atoms with E-state index in [0.717, 1.165) is 30.9 Å². The van der Waals surface area contributed by atoms with Crippen LogP contribution in [0.2, 0.25) is 0 Å². The Labute approximate surface area is 115 Å². The van der Waals surface area contributed by atoms with E-state index in [9.17, 15) is 0 Å². The Morgan fingerprint density at radius 3 is 2.74 bits per heavy atom. The lowest BCUT2D eigenvalue weighted by Crippen LogP contribution is -2.41. The van der Waals surface area contributed by atoms with E-state index < -0.39 is 0 Å². The molecule has 3 N–H and O–H groups in total. The van der Waals surface area contributed by atoms with Crippen molar-refractivity contribution in [1.82, 2.24) is 5.32 Å². The molecule has 106 valence electrons. The van der Waals surface area contributed by atoms with Gasteiger partial charge < -0.3 is 20.5 Å². The summed E-state index contributed by atoms with van der Waals surface area (Å²) >= 11 is 0. The molecule has 1 saturated carbocycles. The molecule has 1 aromatic carbocycles. The Bertz CT molecular complexity index is 409. The molecule has 0 bridgehead atoms. The second kappa shape index (κ2) is 6.78. The molecule has 0 aliphatic heterocycles. The predicted molar refractivity (Wildman–Crippen MR) is 76.9 cm³/mol. The van der Waals surface area contributed by atoms with Crippen LogP contribution in [-0.4, -0.2) is 32.8 Å². The highest BCUT2D eigenvalue weighted by molar-refractivity contribution is 5.40. The Morgan fingerprint density at radius 1 is 1.26 bits per heavy atom. The first-order valence-corrected chi connectivity index (χ1v) is 6.94. The zero-order chi connectivity index (χ0) is 13.7. The first-order valence-electron chi connectivity index (χ1n) is 6.94. The SMILES string of the molecule is COc1ccc(OC)c(CCNC2CCCC2N)c1. The van der Waals surface area contributed by atoms with Crippen LogP contribution in [0.25, 0.3) is 0 Å². The van der Waals surface area contributed by atoms with Gasteiger partial charge in [-0.15, -0.1) is 0 Å². The summed E-state index contributed by atoms with van der Waals surface area (Å²) in [5, 5.41) is 3.55. The summed E-state index contributed by atoms with van der Waals surface area (Å²) in [6.45, 7) is 0.919. The van der Waals surface area contributed by atoms with Crippen molar-refractivity contribution in [2.24, 2.45) is 5.73 Å². The molecule has 2 atom stereocenters. The van der Waals surface area contributed by atoms with Crippen LogP contribution in [0.3, 0.4) is 0 Å². The molecule has 4 heteroatoms. The maximum atomic E-state index is 6.05. The second-order valence-electron chi connectivity index (χ2n) is 5.08. The molecule has 0 heterocycles. The van der Waals surface area contributed by atoms with Gasteiger partial charge in [-0.1, -0.05) is 6.42 Å². The van der Waals surface area contributed by atoms with Crippen molar-refractivity contribution in [1.29, 1.82) is 0 Å². The highest BCUT2D eigenvalue weighted by Gasteiger charge is 2.22. The van der Waals surface area contributed by atoms with E-state index in [1.165, 1.54) is 18.4 Å². The highest BCUT2D eigenvalue weighted by atomic mass is 16.5. The summed E-state index contributed by atoms with van der Waals surface area (Å²) in [5.41, 5.74) is 7.22. The maximum absolute atomic E-state index is 6.05. The number of rotatable bonds is 6. The summed E-state index contributed by atoms with van der Waals surface area (Å²) in [6.07, 6.45) is 4.49. The van der Waals surface area contributed by atoms with Gasteiger partial charge >= 0.3 is 0 Å². The van der Waals surface area contributed by atoms with Gasteiger partial charge in [-0.05, 0) is 49.6 Å². The van der Waals surface area contributed by atoms with Crippen molar-refractivity contribution < 1.29 is 9.47 Å². The van der Waals surface area contributed by atoms with Crippen LogP contribution in [0.15, 0.2) is 18.2 Å². The Morgan fingerprint density at radius 2 is 2.11 bits per heavy atom. The largest absolute Gasteiger partial charge is 0.497 e. The molecule has 1 aliphatic carbocycles. The monoisotopic (exact) mass is 264 g/mol. The van der Waals surface area contributed by atoms with Crippen molar-refractivity contribution in [3.05, 3.63) is 23.8 Å². The number of benzene rings is 1. The quantitative estimate of drug-likeness (QED) is 0.821. The molecule has 19 heavy (non-hydrogen) atoms. The smallest absolute Gasteiger partial charge is 0.122 e. The summed E-state index contributed by atoms with van der Waals surface area (Å²) in [5.74, 6) is 1.78. The lowest BCUT2D eigenvalue weighted by Gasteiger charge is -2.18. The number of hydrogen-bond acceptors (Lipinski definition) is 4. The van der Waals surface area contributed by atoms with Gasteiger partial charge in [0.25, 0.3) is 0 Å². The molecule has 2 rings (SSSR count). The fraction of sp³-hybridized carbons (Fsp3) is 0.600. The predicted octanol–water partition coefficient (Wildman–Crippen LogP) is 1.72. The molecule has 1 aliphatic rings. The minimum absolute atomic E-state index is 0.312. The fourth-order valence-corrected chi connectivity index (χ4v) is 2.71. The Balaban J connectivity index is 1.90. The van der Waals surface area contributed by atoms with Crippen molar-refractivity contribution in [2.45, 2.75) is 37.8 Å². The molecule has 0 amide bonds. The molecular formula is C15H24N2O2. The number of nitrogens with two attached hydrogens (primary N) is 1. The molecule has 0 spiro atoms. The van der Waals surface area contributed by atoms with Crippen LogP contribution in [0, 0.1) is 0 Å². The Kier molecular flexibility index (Phi) is 5.05. The van der Waals surface area contributed by atoms with Gasteiger partial charge in [-0.25, -0.2) is 0 Å². The van der Waals surface area contributed by atoms with Gasteiger partial charge in [-0.2, -0.15) is 0 Å². The maximum Gasteiger partial charge on any atom is 0.122 e. The third-order valence-corrected chi connectivity index (χ3v) is 3.86. The van der Waals surface area contributed by atoms with Crippen LogP contribution in [0.5, 0.6) is 11.5 Å². The van der Waals surface area contributed by atoms with E-state index in [-0.39, 0.29) is 0 Å². The van der Waals surface area contributed by atoms with Crippen LogP contribution in [0.4, 0.5) is 0 Å². The van der Waals surface area contributed by atoms with Crippen LogP contribution in [0.1, 0.15) is 24.8 Å². The van der Waals surface area contributed by atoms with Crippen molar-refractivity contribution >= 4 is 0 Å². The van der Waals surface area contributed by atoms with Crippen molar-refractivity contribution in [2.75, 3.05) is 20.8 Å². The highest BCUT2D eigenvalue weighted by Crippen LogP contribution is 2.24. The van der Waals surface area contributed by atoms with Crippen LogP contribution < -0.4 is 20.5 Å². The third kappa shape index (κ3) is 3.61. The molecule has 1 fully saturated rings. The standard InChI is InChI=1S/C15H24N2O2/c1-18-12-6-7-15(19-2)11(10-12)8-9-17-14-5-3-4-13(14)16/h6-7,10,13-14,17H,3-5,8-9,16H2,1-2H3. The van der Waals surface area contributed by atoms with Crippen LogP contribution in [-0.2, 0) is 6.42 Å². The van der Waals surface area contributed by atoms with Crippen molar-refractivity contribution in [3.8, 4) is 11.5 Å². The number of ether oxygens (including phenoxy) is 2. The topological polar surface area (TPSA) is 56.5 Å². The molecule has 0 aromatic heterocycles. The van der Waals surface area contributed by atoms with E-state index in [1.54, 1.807) is 14.2 Å². The molecule has 0 saturated heterocycles. The van der Waals surface area contributed by atoms with Gasteiger partial charge in [0.05, 0.1) is 14.2 Å². The normalized spacial score (nSPS) is 22.5. The summed E-state index contributed by atoms with van der Waals surface area (Å²) in [6, 6.07) is 6.69. The lowest BCUT2D eigenvalue weighted by atomic mass is 10.1. The van der Waals surface area contributed by atoms with E-state index >= 15 is 0 Å². The number of hydrogen-bond donors (Lipinski definition) is 2. The molecule has 4 nitrogen and oxygen atoms in total. The zero-order valence-corrected chi connectivity index (χ0v) is 11.8. The summed E-state index contributed by atoms with van der Waals surface area (Å²) in [4.78, 5) is 0. The second-order valence-corrected chi connectivity index (χ2v) is 5.08. The van der Waals surface area contributed by atoms with E-state index in [4.69, 9.17) is 15.2 Å². The lowest BCUT2D eigenvalue weighted by molar-refractivity contribution is 0.397. The van der Waals surface area contributed by atoms with Crippen LogP contribution >= 0.6 is 0 Å². The van der Waals surface area contributed by atoms with Gasteiger partial charge in [-0.3, -0.25) is 0 Å². The third-order valence-electron chi connectivity index (χ3n) is 3.86. The number of methoxy groups -OCH3 is 2. The van der Waals surface area contributed by atoms with E-state index in [1.807, 2.05) is 18.2 Å². The molecular weight excluding hydrogens is 240 g/mol. The van der Waals surface area contributed by atoms with E-state index in [2.05, 4.69) is 5.32 Å². The van der Waals surface area contributed by atoms with Crippen molar-refractivity contribution in [3.63, 3.8) is 0 Å². The fourth-order valence-electron chi connectivity index (χ4n) is 2.71. The number of nitrogens with one attached hydrogen (secondary N) is 1.